The van der Waals surface area contributed by atoms with Crippen LogP contribution in [0.3, 0.4) is 0 Å². The van der Waals surface area contributed by atoms with Gasteiger partial charge in [0.15, 0.2) is 0 Å². The fraction of sp³-hybridized carbons (Fsp3) is 1.00. The van der Waals surface area contributed by atoms with Crippen LogP contribution in [0.4, 0.5) is 0 Å². The van der Waals surface area contributed by atoms with E-state index in [-0.39, 0.29) is 0 Å². The van der Waals surface area contributed by atoms with Gasteiger partial charge in [0.05, 0.1) is 0 Å². The molecule has 1 saturated heterocycles. The molecule has 0 spiro atoms. The van der Waals surface area contributed by atoms with Gasteiger partial charge in [0.1, 0.15) is 0 Å². The highest BCUT2D eigenvalue weighted by Gasteiger charge is 2.58. The molecule has 4 bridgehead atoms. The molecule has 0 radical (unpaired) electrons. The molecule has 4 saturated carbocycles. The third-order valence-electron chi connectivity index (χ3n) is 5.74. The van der Waals surface area contributed by atoms with Crippen LogP contribution in [0, 0.1) is 11.8 Å². The van der Waals surface area contributed by atoms with Gasteiger partial charge < -0.3 is 0 Å². The van der Waals surface area contributed by atoms with E-state index in [1.54, 1.807) is 6.42 Å². The van der Waals surface area contributed by atoms with Crippen molar-refractivity contribution in [3.05, 3.63) is 0 Å². The molecular weight excluding hydrogens is 262 g/mol. The molecule has 0 aromatic carbocycles. The second kappa shape index (κ2) is 3.26. The summed E-state index contributed by atoms with van der Waals surface area (Å²) in [7, 11) is 0. The van der Waals surface area contributed by atoms with Crippen molar-refractivity contribution in [2.24, 2.45) is 11.8 Å². The molecule has 90 valence electrons. The van der Waals surface area contributed by atoms with Gasteiger partial charge in [-0.05, 0) is 76.3 Å². The summed E-state index contributed by atoms with van der Waals surface area (Å²) in [5, 5.41) is 0. The van der Waals surface area contributed by atoms with E-state index in [0.29, 0.717) is 9.86 Å². The highest BCUT2D eigenvalue weighted by molar-refractivity contribution is 9.10. The standard InChI is InChI=1S/C14H22BrN/c15-13-6-11-5-12(7-13)9-14(8-11,10-13)16-3-1-2-4-16/h11-12H,1-10H2/t11-,12-,13?,14?/m0/s1. The second-order valence-corrected chi connectivity index (χ2v) is 8.71. The maximum Gasteiger partial charge on any atom is 0.0280 e. The van der Waals surface area contributed by atoms with Crippen molar-refractivity contribution in [3.63, 3.8) is 0 Å². The molecule has 1 heterocycles. The minimum Gasteiger partial charge on any atom is -0.298 e. The van der Waals surface area contributed by atoms with Gasteiger partial charge >= 0.3 is 0 Å². The zero-order valence-electron chi connectivity index (χ0n) is 10.1. The van der Waals surface area contributed by atoms with Crippen molar-refractivity contribution in [1.82, 2.24) is 4.90 Å². The van der Waals surface area contributed by atoms with E-state index in [2.05, 4.69) is 20.8 Å². The first kappa shape index (κ1) is 10.4. The lowest BCUT2D eigenvalue weighted by atomic mass is 9.52. The quantitative estimate of drug-likeness (QED) is 0.665. The molecule has 0 aromatic rings. The van der Waals surface area contributed by atoms with E-state index < -0.39 is 0 Å². The third kappa shape index (κ3) is 1.38. The lowest BCUT2D eigenvalue weighted by Crippen LogP contribution is -2.63. The summed E-state index contributed by atoms with van der Waals surface area (Å²) in [5.74, 6) is 2.09. The van der Waals surface area contributed by atoms with Crippen LogP contribution in [-0.4, -0.2) is 27.9 Å². The predicted octanol–water partition coefficient (Wildman–Crippen LogP) is 3.57. The minimum atomic E-state index is 0.541. The number of alkyl halides is 1. The lowest BCUT2D eigenvalue weighted by molar-refractivity contribution is -0.0662. The molecule has 1 nitrogen and oxygen atoms in total. The van der Waals surface area contributed by atoms with Crippen LogP contribution in [0.5, 0.6) is 0 Å². The number of hydrogen-bond acceptors (Lipinski definition) is 1. The minimum absolute atomic E-state index is 0.541. The monoisotopic (exact) mass is 283 g/mol. The van der Waals surface area contributed by atoms with Gasteiger partial charge in [-0.15, -0.1) is 0 Å². The molecule has 16 heavy (non-hydrogen) atoms. The SMILES string of the molecule is BrC12C[C@@H]3C[C@@H](C1)CC(N1CCCC1)(C3)C2. The fourth-order valence-corrected chi connectivity index (χ4v) is 7.10. The highest BCUT2D eigenvalue weighted by atomic mass is 79.9. The average Bonchev–Trinajstić information content (AvgIpc) is 2.65. The van der Waals surface area contributed by atoms with E-state index >= 15 is 0 Å². The van der Waals surface area contributed by atoms with Gasteiger partial charge in [-0.25, -0.2) is 0 Å². The Balaban J connectivity index is 1.68. The Labute approximate surface area is 107 Å². The number of hydrogen-bond donors (Lipinski definition) is 0. The molecule has 4 aliphatic carbocycles. The molecule has 2 heteroatoms. The molecule has 0 N–H and O–H groups in total. The largest absolute Gasteiger partial charge is 0.298 e. The van der Waals surface area contributed by atoms with Crippen molar-refractivity contribution in [3.8, 4) is 0 Å². The van der Waals surface area contributed by atoms with Crippen LogP contribution >= 0.6 is 15.9 Å². The average molecular weight is 284 g/mol. The summed E-state index contributed by atoms with van der Waals surface area (Å²) < 4.78 is 0.541. The normalized spacial score (nSPS) is 56.1. The molecule has 5 rings (SSSR count). The van der Waals surface area contributed by atoms with E-state index in [1.807, 2.05) is 0 Å². The van der Waals surface area contributed by atoms with Crippen LogP contribution in [0.25, 0.3) is 0 Å². The Kier molecular flexibility index (Phi) is 2.11. The first-order valence-electron chi connectivity index (χ1n) is 7.12. The van der Waals surface area contributed by atoms with Gasteiger partial charge in [0, 0.05) is 9.86 Å². The number of likely N-dealkylation sites (tertiary alicyclic amines) is 1. The first-order valence-corrected chi connectivity index (χ1v) is 7.91. The first-order chi connectivity index (χ1) is 7.68. The van der Waals surface area contributed by atoms with Gasteiger partial charge in [-0.1, -0.05) is 15.9 Å². The Morgan fingerprint density at radius 2 is 1.56 bits per heavy atom. The van der Waals surface area contributed by atoms with Crippen LogP contribution in [0.2, 0.25) is 0 Å². The summed E-state index contributed by atoms with van der Waals surface area (Å²) in [5.41, 5.74) is 0.629. The van der Waals surface area contributed by atoms with Crippen molar-refractivity contribution < 1.29 is 0 Å². The molecule has 2 atom stereocenters. The van der Waals surface area contributed by atoms with Crippen LogP contribution < -0.4 is 0 Å². The topological polar surface area (TPSA) is 3.24 Å². The number of halogens is 1. The van der Waals surface area contributed by atoms with Gasteiger partial charge in [-0.3, -0.25) is 4.90 Å². The van der Waals surface area contributed by atoms with Gasteiger partial charge in [0.25, 0.3) is 0 Å². The van der Waals surface area contributed by atoms with Crippen molar-refractivity contribution >= 4 is 15.9 Å². The van der Waals surface area contributed by atoms with Crippen molar-refractivity contribution in [2.45, 2.75) is 61.2 Å². The smallest absolute Gasteiger partial charge is 0.0280 e. The number of nitrogens with zero attached hydrogens (tertiary/aromatic N) is 1. The molecule has 5 fully saturated rings. The lowest BCUT2D eigenvalue weighted by Gasteiger charge is -2.63. The third-order valence-corrected chi connectivity index (χ3v) is 6.66. The van der Waals surface area contributed by atoms with Crippen LogP contribution in [0.1, 0.15) is 51.4 Å². The Morgan fingerprint density at radius 3 is 2.12 bits per heavy atom. The molecule has 0 aromatic heterocycles. The Bertz CT molecular complexity index is 294. The predicted molar refractivity (Wildman–Crippen MR) is 69.9 cm³/mol. The number of rotatable bonds is 1. The Hall–Kier alpha value is 0.440. The summed E-state index contributed by atoms with van der Waals surface area (Å²) in [4.78, 5) is 2.88. The zero-order chi connectivity index (χ0) is 10.8. The summed E-state index contributed by atoms with van der Waals surface area (Å²) in [6, 6.07) is 0. The van der Waals surface area contributed by atoms with Crippen LogP contribution in [-0.2, 0) is 0 Å². The highest BCUT2D eigenvalue weighted by Crippen LogP contribution is 2.62. The molecule has 1 aliphatic heterocycles. The maximum atomic E-state index is 4.11. The molecule has 0 unspecified atom stereocenters. The summed E-state index contributed by atoms with van der Waals surface area (Å²) in [6.07, 6.45) is 11.9. The van der Waals surface area contributed by atoms with E-state index in [1.165, 1.54) is 58.0 Å². The van der Waals surface area contributed by atoms with Crippen molar-refractivity contribution in [2.75, 3.05) is 13.1 Å². The summed E-state index contributed by atoms with van der Waals surface area (Å²) >= 11 is 4.11. The Morgan fingerprint density at radius 1 is 0.938 bits per heavy atom. The second-order valence-electron chi connectivity index (χ2n) is 7.03. The van der Waals surface area contributed by atoms with Gasteiger partial charge in [-0.2, -0.15) is 0 Å². The van der Waals surface area contributed by atoms with E-state index in [0.717, 1.165) is 11.8 Å². The zero-order valence-corrected chi connectivity index (χ0v) is 11.6. The summed E-state index contributed by atoms with van der Waals surface area (Å²) in [6.45, 7) is 2.78. The fourth-order valence-electron chi connectivity index (χ4n) is 5.67. The van der Waals surface area contributed by atoms with Crippen molar-refractivity contribution in [1.29, 1.82) is 0 Å². The van der Waals surface area contributed by atoms with E-state index in [4.69, 9.17) is 0 Å². The van der Waals surface area contributed by atoms with Gasteiger partial charge in [0.2, 0.25) is 0 Å². The molecule has 0 amide bonds. The molecular formula is C14H22BrN. The van der Waals surface area contributed by atoms with Crippen LogP contribution in [0.15, 0.2) is 0 Å². The van der Waals surface area contributed by atoms with E-state index in [9.17, 15) is 0 Å². The molecule has 5 aliphatic rings. The maximum absolute atomic E-state index is 4.11.